The van der Waals surface area contributed by atoms with Crippen LogP contribution in [-0.4, -0.2) is 47.4 Å². The van der Waals surface area contributed by atoms with Crippen LogP contribution in [0.25, 0.3) is 0 Å². The fourth-order valence-corrected chi connectivity index (χ4v) is 2.55. The van der Waals surface area contributed by atoms with Gasteiger partial charge in [0.1, 0.15) is 6.54 Å². The summed E-state index contributed by atoms with van der Waals surface area (Å²) in [7, 11) is 0. The van der Waals surface area contributed by atoms with Gasteiger partial charge in [0.15, 0.2) is 0 Å². The van der Waals surface area contributed by atoms with E-state index < -0.39 is 0 Å². The lowest BCUT2D eigenvalue weighted by Crippen LogP contribution is -2.42. The number of carbonyl (C=O) groups excluding carboxylic acids is 2. The molecule has 5 heteroatoms. The summed E-state index contributed by atoms with van der Waals surface area (Å²) >= 11 is 0. The smallest absolute Gasteiger partial charge is 0.320 e. The molecule has 1 aliphatic heterocycles. The Labute approximate surface area is 132 Å². The van der Waals surface area contributed by atoms with Gasteiger partial charge in [0.2, 0.25) is 5.91 Å². The van der Waals surface area contributed by atoms with E-state index in [0.717, 1.165) is 12.0 Å². The molecule has 0 spiro atoms. The summed E-state index contributed by atoms with van der Waals surface area (Å²) in [5, 5.41) is 2.90. The minimum absolute atomic E-state index is 0.0548. The molecule has 0 unspecified atom stereocenters. The molecule has 1 heterocycles. The molecule has 1 fully saturated rings. The van der Waals surface area contributed by atoms with Crippen LogP contribution in [0.2, 0.25) is 0 Å². The van der Waals surface area contributed by atoms with Gasteiger partial charge in [0, 0.05) is 25.7 Å². The predicted octanol–water partition coefficient (Wildman–Crippen LogP) is 2.15. The van der Waals surface area contributed by atoms with E-state index in [1.807, 2.05) is 39.0 Å². The lowest BCUT2D eigenvalue weighted by atomic mass is 10.1. The van der Waals surface area contributed by atoms with Crippen molar-refractivity contribution in [1.29, 1.82) is 0 Å². The molecule has 1 saturated heterocycles. The number of aryl methyl sites for hydroxylation is 1. The third-order valence-corrected chi connectivity index (χ3v) is 3.99. The molecule has 1 N–H and O–H groups in total. The first-order valence-electron chi connectivity index (χ1n) is 7.88. The van der Waals surface area contributed by atoms with Gasteiger partial charge in [-0.15, -0.1) is 0 Å². The molecule has 2 rings (SSSR count). The summed E-state index contributed by atoms with van der Waals surface area (Å²) in [6.07, 6.45) is 0.888. The van der Waals surface area contributed by atoms with Crippen LogP contribution in [0.15, 0.2) is 24.3 Å². The fraction of sp³-hybridized carbons (Fsp3) is 0.529. The topological polar surface area (TPSA) is 52.7 Å². The Bertz CT molecular complexity index is 544. The summed E-state index contributed by atoms with van der Waals surface area (Å²) < 4.78 is 0. The maximum absolute atomic E-state index is 12.4. The Morgan fingerprint density at radius 3 is 2.73 bits per heavy atom. The average Bonchev–Trinajstić information content (AvgIpc) is 2.80. The van der Waals surface area contributed by atoms with E-state index in [4.69, 9.17) is 0 Å². The van der Waals surface area contributed by atoms with E-state index in [-0.39, 0.29) is 24.5 Å². The van der Waals surface area contributed by atoms with E-state index in [1.165, 1.54) is 5.56 Å². The molecule has 0 aliphatic carbocycles. The highest BCUT2D eigenvalue weighted by atomic mass is 16.2. The standard InChI is InChI=1S/C17H25N3O2/c1-4-14(3)18-16(21)12-20-9-8-19(17(20)22)11-15-7-5-6-13(2)10-15/h5-7,10,14H,4,8-9,11-12H2,1-3H3,(H,18,21)/t14-/m1/s1. The molecule has 22 heavy (non-hydrogen) atoms. The van der Waals surface area contributed by atoms with Crippen molar-refractivity contribution < 1.29 is 9.59 Å². The molecular weight excluding hydrogens is 278 g/mol. The Balaban J connectivity index is 1.88. The minimum Gasteiger partial charge on any atom is -0.352 e. The molecule has 0 radical (unpaired) electrons. The summed E-state index contributed by atoms with van der Waals surface area (Å²) in [4.78, 5) is 27.7. The normalized spacial score (nSPS) is 16.0. The number of carbonyl (C=O) groups is 2. The average molecular weight is 303 g/mol. The van der Waals surface area contributed by atoms with Crippen molar-refractivity contribution in [2.24, 2.45) is 0 Å². The second-order valence-corrected chi connectivity index (χ2v) is 5.99. The molecule has 1 aromatic carbocycles. The van der Waals surface area contributed by atoms with Gasteiger partial charge in [-0.2, -0.15) is 0 Å². The quantitative estimate of drug-likeness (QED) is 0.875. The van der Waals surface area contributed by atoms with E-state index in [9.17, 15) is 9.59 Å². The first kappa shape index (κ1) is 16.3. The van der Waals surface area contributed by atoms with Crippen molar-refractivity contribution in [3.63, 3.8) is 0 Å². The van der Waals surface area contributed by atoms with Crippen LogP contribution in [0.3, 0.4) is 0 Å². The van der Waals surface area contributed by atoms with E-state index in [2.05, 4.69) is 11.4 Å². The number of urea groups is 1. The van der Waals surface area contributed by atoms with Gasteiger partial charge >= 0.3 is 6.03 Å². The molecule has 1 aliphatic rings. The summed E-state index contributed by atoms with van der Waals surface area (Å²) in [6, 6.07) is 8.25. The summed E-state index contributed by atoms with van der Waals surface area (Å²) in [5.74, 6) is -0.0832. The second kappa shape index (κ2) is 7.29. The Hall–Kier alpha value is -2.04. The van der Waals surface area contributed by atoms with Gasteiger partial charge in [0.25, 0.3) is 0 Å². The number of nitrogens with zero attached hydrogens (tertiary/aromatic N) is 2. The van der Waals surface area contributed by atoms with Gasteiger partial charge < -0.3 is 15.1 Å². The van der Waals surface area contributed by atoms with Gasteiger partial charge in [-0.05, 0) is 25.8 Å². The first-order chi connectivity index (χ1) is 10.5. The zero-order chi connectivity index (χ0) is 16.1. The molecule has 0 saturated carbocycles. The molecule has 1 atom stereocenters. The van der Waals surface area contributed by atoms with Crippen LogP contribution in [0.1, 0.15) is 31.4 Å². The lowest BCUT2D eigenvalue weighted by Gasteiger charge is -2.19. The van der Waals surface area contributed by atoms with E-state index in [0.29, 0.717) is 19.6 Å². The summed E-state index contributed by atoms with van der Waals surface area (Å²) in [5.41, 5.74) is 2.31. The Morgan fingerprint density at radius 1 is 1.32 bits per heavy atom. The van der Waals surface area contributed by atoms with Crippen LogP contribution in [-0.2, 0) is 11.3 Å². The predicted molar refractivity (Wildman–Crippen MR) is 86.5 cm³/mol. The van der Waals surface area contributed by atoms with Crippen molar-refractivity contribution in [2.45, 2.75) is 39.8 Å². The second-order valence-electron chi connectivity index (χ2n) is 5.99. The molecule has 1 aromatic rings. The maximum Gasteiger partial charge on any atom is 0.320 e. The zero-order valence-corrected chi connectivity index (χ0v) is 13.6. The van der Waals surface area contributed by atoms with Crippen LogP contribution in [0.4, 0.5) is 4.79 Å². The third-order valence-electron chi connectivity index (χ3n) is 3.99. The highest BCUT2D eigenvalue weighted by Gasteiger charge is 2.29. The van der Waals surface area contributed by atoms with Crippen LogP contribution in [0, 0.1) is 6.92 Å². The van der Waals surface area contributed by atoms with E-state index >= 15 is 0 Å². The largest absolute Gasteiger partial charge is 0.352 e. The number of nitrogens with one attached hydrogen (secondary N) is 1. The number of amides is 3. The highest BCUT2D eigenvalue weighted by Crippen LogP contribution is 2.14. The fourth-order valence-electron chi connectivity index (χ4n) is 2.55. The molecule has 0 bridgehead atoms. The van der Waals surface area contributed by atoms with Crippen LogP contribution in [0.5, 0.6) is 0 Å². The minimum atomic E-state index is -0.0832. The van der Waals surface area contributed by atoms with Crippen LogP contribution >= 0.6 is 0 Å². The molecule has 5 nitrogen and oxygen atoms in total. The maximum atomic E-state index is 12.4. The zero-order valence-electron chi connectivity index (χ0n) is 13.6. The highest BCUT2D eigenvalue weighted by molar-refractivity contribution is 5.85. The van der Waals surface area contributed by atoms with Crippen molar-refractivity contribution in [1.82, 2.24) is 15.1 Å². The van der Waals surface area contributed by atoms with Crippen molar-refractivity contribution >= 4 is 11.9 Å². The van der Waals surface area contributed by atoms with Gasteiger partial charge in [-0.1, -0.05) is 36.8 Å². The Morgan fingerprint density at radius 2 is 2.05 bits per heavy atom. The van der Waals surface area contributed by atoms with Gasteiger partial charge in [0.05, 0.1) is 0 Å². The SMILES string of the molecule is CC[C@@H](C)NC(=O)CN1CCN(Cc2cccc(C)c2)C1=O. The van der Waals surface area contributed by atoms with Crippen molar-refractivity contribution in [3.8, 4) is 0 Å². The molecule has 3 amide bonds. The summed E-state index contributed by atoms with van der Waals surface area (Å²) in [6.45, 7) is 8.06. The van der Waals surface area contributed by atoms with Gasteiger partial charge in [-0.3, -0.25) is 4.79 Å². The number of rotatable bonds is 6. The van der Waals surface area contributed by atoms with Crippen LogP contribution < -0.4 is 5.32 Å². The molecular formula is C17H25N3O2. The van der Waals surface area contributed by atoms with E-state index in [1.54, 1.807) is 9.80 Å². The third kappa shape index (κ3) is 4.23. The monoisotopic (exact) mass is 303 g/mol. The van der Waals surface area contributed by atoms with Crippen molar-refractivity contribution in [2.75, 3.05) is 19.6 Å². The first-order valence-corrected chi connectivity index (χ1v) is 7.88. The van der Waals surface area contributed by atoms with Gasteiger partial charge in [-0.25, -0.2) is 4.79 Å². The lowest BCUT2D eigenvalue weighted by molar-refractivity contribution is -0.122. The number of benzene rings is 1. The number of hydrogen-bond acceptors (Lipinski definition) is 2. The Kier molecular flexibility index (Phi) is 5.41. The molecule has 0 aromatic heterocycles. The van der Waals surface area contributed by atoms with Crippen molar-refractivity contribution in [3.05, 3.63) is 35.4 Å². The number of hydrogen-bond donors (Lipinski definition) is 1. The molecule has 120 valence electrons.